The van der Waals surface area contributed by atoms with Crippen LogP contribution in [-0.4, -0.2) is 6.16 Å². The molecular formula is C17H37O2P. The largest absolute Gasteiger partial charge is 0.315 e. The Kier molecular flexibility index (Phi) is 23.5. The van der Waals surface area contributed by atoms with Gasteiger partial charge in [0.15, 0.2) is 0 Å². The van der Waals surface area contributed by atoms with Crippen molar-refractivity contribution in [1.82, 2.24) is 0 Å². The first-order valence-corrected chi connectivity index (χ1v) is 10.2. The molecule has 0 radical (unpaired) electrons. The molecule has 20 heavy (non-hydrogen) atoms. The molecule has 0 fully saturated rings. The zero-order chi connectivity index (χ0) is 15.5. The second-order valence-electron chi connectivity index (χ2n) is 5.59. The molecule has 0 atom stereocenters. The van der Waals surface area contributed by atoms with Crippen molar-refractivity contribution in [2.75, 3.05) is 6.16 Å². The fraction of sp³-hybridized carbons (Fsp3) is 1.00. The topological polar surface area (TPSA) is 34.1 Å². The highest BCUT2D eigenvalue weighted by atomic mass is 31.1. The highest BCUT2D eigenvalue weighted by molar-refractivity contribution is 7.30. The van der Waals surface area contributed by atoms with Gasteiger partial charge in [-0.05, 0) is 6.42 Å². The second-order valence-corrected chi connectivity index (χ2v) is 6.70. The normalized spacial score (nSPS) is 9.95. The third kappa shape index (κ3) is 26.5. The minimum absolute atomic E-state index is 0.329. The zero-order valence-corrected chi connectivity index (χ0v) is 15.1. The first-order chi connectivity index (χ1) is 9.68. The lowest BCUT2D eigenvalue weighted by Crippen LogP contribution is -1.81. The van der Waals surface area contributed by atoms with Gasteiger partial charge in [-0.25, -0.2) is 9.13 Å². The van der Waals surface area contributed by atoms with Gasteiger partial charge in [0.05, 0.1) is 6.16 Å². The molecule has 0 amide bonds. The van der Waals surface area contributed by atoms with Gasteiger partial charge in [-0.2, -0.15) is 0 Å². The molecule has 122 valence electrons. The van der Waals surface area contributed by atoms with Gasteiger partial charge in [0, 0.05) is 0 Å². The fourth-order valence-corrected chi connectivity index (χ4v) is 2.46. The lowest BCUT2D eigenvalue weighted by molar-refractivity contribution is 0.514. The van der Waals surface area contributed by atoms with Crippen molar-refractivity contribution < 1.29 is 9.13 Å². The standard InChI is InChI=1S/C14H30.C3H7O2P/c1-3-5-7-9-11-13-14-12-10-8-6-4-2;1-2-3-6(4)5/h3-14H2,1-2H3;2-3H2,1H3. The van der Waals surface area contributed by atoms with Crippen LogP contribution in [0.2, 0.25) is 0 Å². The van der Waals surface area contributed by atoms with E-state index < -0.39 is 7.68 Å². The number of hydrogen-bond donors (Lipinski definition) is 0. The maximum Gasteiger partial charge on any atom is 0.315 e. The number of hydrogen-bond acceptors (Lipinski definition) is 2. The average molecular weight is 304 g/mol. The van der Waals surface area contributed by atoms with Crippen LogP contribution in [0.25, 0.3) is 0 Å². The Hall–Kier alpha value is -0.100. The van der Waals surface area contributed by atoms with Crippen LogP contribution in [0.4, 0.5) is 0 Å². The van der Waals surface area contributed by atoms with Crippen molar-refractivity contribution in [1.29, 1.82) is 0 Å². The lowest BCUT2D eigenvalue weighted by Gasteiger charge is -2.01. The van der Waals surface area contributed by atoms with Crippen LogP contribution in [0.3, 0.4) is 0 Å². The summed E-state index contributed by atoms with van der Waals surface area (Å²) in [6, 6.07) is 0. The van der Waals surface area contributed by atoms with Crippen LogP contribution >= 0.6 is 7.68 Å². The molecule has 0 rings (SSSR count). The summed E-state index contributed by atoms with van der Waals surface area (Å²) < 4.78 is 19.3. The molecule has 0 unspecified atom stereocenters. The number of unbranched alkanes of at least 4 members (excludes halogenated alkanes) is 11. The molecule has 0 bridgehead atoms. The molecule has 0 aliphatic carbocycles. The molecule has 0 aromatic carbocycles. The van der Waals surface area contributed by atoms with Gasteiger partial charge in [-0.1, -0.05) is 97.8 Å². The molecule has 3 heteroatoms. The molecular weight excluding hydrogens is 267 g/mol. The van der Waals surface area contributed by atoms with Crippen LogP contribution < -0.4 is 0 Å². The monoisotopic (exact) mass is 304 g/mol. The summed E-state index contributed by atoms with van der Waals surface area (Å²) >= 11 is 0. The maximum absolute atomic E-state index is 9.64. The van der Waals surface area contributed by atoms with Gasteiger partial charge in [0.25, 0.3) is 0 Å². The van der Waals surface area contributed by atoms with E-state index in [0.29, 0.717) is 6.16 Å². The number of rotatable bonds is 13. The highest BCUT2D eigenvalue weighted by Gasteiger charge is 1.91. The average Bonchev–Trinajstić information content (AvgIpc) is 2.41. The highest BCUT2D eigenvalue weighted by Crippen LogP contribution is 2.11. The SMILES string of the molecule is CCCCCCCCCCCCCC.CCCP(=O)=O. The molecule has 0 aliphatic rings. The van der Waals surface area contributed by atoms with Gasteiger partial charge in [-0.15, -0.1) is 0 Å². The summed E-state index contributed by atoms with van der Waals surface area (Å²) in [4.78, 5) is 0. The Morgan fingerprint density at radius 2 is 0.800 bits per heavy atom. The van der Waals surface area contributed by atoms with Crippen LogP contribution in [-0.2, 0) is 9.13 Å². The van der Waals surface area contributed by atoms with E-state index in [2.05, 4.69) is 13.8 Å². The van der Waals surface area contributed by atoms with Crippen molar-refractivity contribution in [2.45, 2.75) is 104 Å². The van der Waals surface area contributed by atoms with Gasteiger partial charge in [-0.3, -0.25) is 0 Å². The summed E-state index contributed by atoms with van der Waals surface area (Å²) in [6.07, 6.45) is 18.5. The Morgan fingerprint density at radius 1 is 0.500 bits per heavy atom. The molecule has 0 N–H and O–H groups in total. The minimum atomic E-state index is -2.10. The van der Waals surface area contributed by atoms with Gasteiger partial charge < -0.3 is 0 Å². The van der Waals surface area contributed by atoms with Crippen molar-refractivity contribution >= 4 is 7.68 Å². The van der Waals surface area contributed by atoms with E-state index in [0.717, 1.165) is 6.42 Å². The summed E-state index contributed by atoms with van der Waals surface area (Å²) in [5, 5.41) is 0. The molecule has 0 spiro atoms. The Balaban J connectivity index is 0. The quantitative estimate of drug-likeness (QED) is 0.265. The van der Waals surface area contributed by atoms with Crippen LogP contribution in [0.5, 0.6) is 0 Å². The van der Waals surface area contributed by atoms with E-state index in [9.17, 15) is 9.13 Å². The molecule has 0 aromatic heterocycles. The molecule has 0 aromatic rings. The van der Waals surface area contributed by atoms with E-state index in [4.69, 9.17) is 0 Å². The van der Waals surface area contributed by atoms with Crippen molar-refractivity contribution in [3.05, 3.63) is 0 Å². The Labute approximate surface area is 127 Å². The van der Waals surface area contributed by atoms with Crippen molar-refractivity contribution in [3.63, 3.8) is 0 Å². The van der Waals surface area contributed by atoms with Gasteiger partial charge in [0.1, 0.15) is 0 Å². The van der Waals surface area contributed by atoms with Crippen LogP contribution in [0.1, 0.15) is 104 Å². The zero-order valence-electron chi connectivity index (χ0n) is 14.2. The molecule has 0 saturated heterocycles. The maximum atomic E-state index is 9.64. The summed E-state index contributed by atoms with van der Waals surface area (Å²) in [5.41, 5.74) is 0. The van der Waals surface area contributed by atoms with E-state index in [1.54, 1.807) is 0 Å². The Morgan fingerprint density at radius 3 is 0.950 bits per heavy atom. The van der Waals surface area contributed by atoms with E-state index in [-0.39, 0.29) is 0 Å². The van der Waals surface area contributed by atoms with E-state index >= 15 is 0 Å². The summed E-state index contributed by atoms with van der Waals surface area (Å²) in [7, 11) is -2.10. The van der Waals surface area contributed by atoms with Gasteiger partial charge >= 0.3 is 7.68 Å². The third-order valence-corrected chi connectivity index (χ3v) is 4.18. The van der Waals surface area contributed by atoms with E-state index in [1.807, 2.05) is 6.92 Å². The first-order valence-electron chi connectivity index (χ1n) is 8.80. The predicted molar refractivity (Wildman–Crippen MR) is 90.2 cm³/mol. The summed E-state index contributed by atoms with van der Waals surface area (Å²) in [6.45, 7) is 6.41. The minimum Gasteiger partial charge on any atom is -0.237 e. The Bertz CT molecular complexity index is 205. The first kappa shape index (κ1) is 22.2. The van der Waals surface area contributed by atoms with Crippen LogP contribution in [0.15, 0.2) is 0 Å². The van der Waals surface area contributed by atoms with Gasteiger partial charge in [0.2, 0.25) is 0 Å². The van der Waals surface area contributed by atoms with Crippen LogP contribution in [0, 0.1) is 0 Å². The predicted octanol–water partition coefficient (Wildman–Crippen LogP) is 7.28. The fourth-order valence-electron chi connectivity index (χ4n) is 2.10. The van der Waals surface area contributed by atoms with E-state index in [1.165, 1.54) is 77.0 Å². The molecule has 2 nitrogen and oxygen atoms in total. The van der Waals surface area contributed by atoms with Crippen molar-refractivity contribution in [3.8, 4) is 0 Å². The summed E-state index contributed by atoms with van der Waals surface area (Å²) in [5.74, 6) is 0. The third-order valence-electron chi connectivity index (χ3n) is 3.36. The second kappa shape index (κ2) is 21.2. The molecule has 0 aliphatic heterocycles. The van der Waals surface area contributed by atoms with Crippen molar-refractivity contribution in [2.24, 2.45) is 0 Å². The molecule has 0 saturated carbocycles. The smallest absolute Gasteiger partial charge is 0.237 e. The lowest BCUT2D eigenvalue weighted by atomic mass is 10.1. The molecule has 0 heterocycles.